The second-order valence-corrected chi connectivity index (χ2v) is 7.01. The molecule has 4 rings (SSSR count). The van der Waals surface area contributed by atoms with Gasteiger partial charge in [0, 0.05) is 17.3 Å². The van der Waals surface area contributed by atoms with Crippen molar-refractivity contribution in [1.82, 2.24) is 29.7 Å². The molecule has 0 amide bonds. The van der Waals surface area contributed by atoms with Gasteiger partial charge in [0.1, 0.15) is 5.82 Å². The van der Waals surface area contributed by atoms with E-state index in [1.807, 2.05) is 61.6 Å². The van der Waals surface area contributed by atoms with Crippen LogP contribution >= 0.6 is 11.8 Å². The fourth-order valence-electron chi connectivity index (χ4n) is 2.59. The summed E-state index contributed by atoms with van der Waals surface area (Å²) in [6, 6.07) is 11.7. The van der Waals surface area contributed by atoms with Gasteiger partial charge in [-0.25, -0.2) is 4.98 Å². The molecule has 8 heteroatoms. The third-order valence-corrected chi connectivity index (χ3v) is 4.79. The van der Waals surface area contributed by atoms with Gasteiger partial charge in [0.05, 0.1) is 5.25 Å². The number of aryl methyl sites for hydroxylation is 2. The van der Waals surface area contributed by atoms with Crippen LogP contribution in [0.5, 0.6) is 0 Å². The quantitative estimate of drug-likeness (QED) is 0.518. The zero-order valence-electron chi connectivity index (χ0n) is 14.0. The predicted octanol–water partition coefficient (Wildman–Crippen LogP) is 3.64. The fourth-order valence-corrected chi connectivity index (χ4v) is 3.52. The van der Waals surface area contributed by atoms with Crippen LogP contribution in [0.25, 0.3) is 17.0 Å². The Labute approximate surface area is 148 Å². The van der Waals surface area contributed by atoms with E-state index in [0.717, 1.165) is 27.9 Å². The molecule has 0 fully saturated rings. The molecule has 0 saturated heterocycles. The van der Waals surface area contributed by atoms with E-state index < -0.39 is 0 Å². The van der Waals surface area contributed by atoms with Gasteiger partial charge in [-0.15, -0.1) is 10.2 Å². The van der Waals surface area contributed by atoms with Crippen LogP contribution in [0.2, 0.25) is 0 Å². The lowest BCUT2D eigenvalue weighted by Crippen LogP contribution is -2.00. The molecule has 1 atom stereocenters. The molecule has 1 unspecified atom stereocenters. The van der Waals surface area contributed by atoms with E-state index in [0.29, 0.717) is 11.7 Å². The summed E-state index contributed by atoms with van der Waals surface area (Å²) in [4.78, 5) is 8.98. The van der Waals surface area contributed by atoms with Gasteiger partial charge in [-0.05, 0) is 20.8 Å². The van der Waals surface area contributed by atoms with E-state index in [2.05, 4.69) is 25.3 Å². The molecule has 25 heavy (non-hydrogen) atoms. The Morgan fingerprint density at radius 2 is 1.88 bits per heavy atom. The van der Waals surface area contributed by atoms with E-state index in [1.165, 1.54) is 11.8 Å². The first-order chi connectivity index (χ1) is 12.1. The molecule has 0 radical (unpaired) electrons. The van der Waals surface area contributed by atoms with Gasteiger partial charge in [0.25, 0.3) is 0 Å². The van der Waals surface area contributed by atoms with Crippen molar-refractivity contribution in [1.29, 1.82) is 0 Å². The van der Waals surface area contributed by atoms with Crippen LogP contribution in [-0.4, -0.2) is 29.7 Å². The maximum atomic E-state index is 5.44. The summed E-state index contributed by atoms with van der Waals surface area (Å²) in [6.45, 7) is 5.89. The number of hydrogen-bond acceptors (Lipinski definition) is 7. The number of benzene rings is 1. The van der Waals surface area contributed by atoms with Crippen molar-refractivity contribution in [3.05, 3.63) is 53.8 Å². The van der Waals surface area contributed by atoms with Gasteiger partial charge in [-0.3, -0.25) is 4.40 Å². The minimum absolute atomic E-state index is 0.0573. The van der Waals surface area contributed by atoms with Crippen LogP contribution in [0.1, 0.15) is 29.6 Å². The molecule has 0 spiro atoms. The average molecular weight is 352 g/mol. The summed E-state index contributed by atoms with van der Waals surface area (Å²) in [6.07, 6.45) is 0. The number of fused-ring (bicyclic) bond motifs is 1. The van der Waals surface area contributed by atoms with Crippen molar-refractivity contribution in [3.8, 4) is 11.4 Å². The van der Waals surface area contributed by atoms with Crippen molar-refractivity contribution in [2.75, 3.05) is 0 Å². The number of aromatic nitrogens is 6. The van der Waals surface area contributed by atoms with Gasteiger partial charge < -0.3 is 4.52 Å². The molecule has 1 aromatic carbocycles. The first-order valence-corrected chi connectivity index (χ1v) is 8.75. The highest BCUT2D eigenvalue weighted by Crippen LogP contribution is 2.34. The summed E-state index contributed by atoms with van der Waals surface area (Å²) < 4.78 is 7.37. The molecule has 0 aliphatic heterocycles. The topological polar surface area (TPSA) is 82.0 Å². The van der Waals surface area contributed by atoms with Gasteiger partial charge in [0.15, 0.2) is 10.8 Å². The minimum Gasteiger partial charge on any atom is -0.338 e. The Morgan fingerprint density at radius 1 is 1.08 bits per heavy atom. The first-order valence-electron chi connectivity index (χ1n) is 7.87. The van der Waals surface area contributed by atoms with Crippen LogP contribution in [0.4, 0.5) is 0 Å². The third-order valence-electron chi connectivity index (χ3n) is 3.76. The minimum atomic E-state index is -0.0573. The zero-order chi connectivity index (χ0) is 17.4. The van der Waals surface area contributed by atoms with Crippen LogP contribution < -0.4 is 0 Å². The van der Waals surface area contributed by atoms with Gasteiger partial charge in [0.2, 0.25) is 11.7 Å². The predicted molar refractivity (Wildman–Crippen MR) is 94.3 cm³/mol. The highest BCUT2D eigenvalue weighted by atomic mass is 32.2. The fraction of sp³-hybridized carbons (Fsp3) is 0.235. The van der Waals surface area contributed by atoms with E-state index in [4.69, 9.17) is 4.52 Å². The van der Waals surface area contributed by atoms with Crippen LogP contribution in [0.3, 0.4) is 0 Å². The molecular weight excluding hydrogens is 336 g/mol. The summed E-state index contributed by atoms with van der Waals surface area (Å²) in [5.74, 6) is 1.99. The highest BCUT2D eigenvalue weighted by Gasteiger charge is 2.20. The zero-order valence-corrected chi connectivity index (χ0v) is 14.9. The van der Waals surface area contributed by atoms with E-state index in [1.54, 1.807) is 0 Å². The molecular formula is C17H16N6OS. The molecule has 0 aliphatic rings. The van der Waals surface area contributed by atoms with Crippen molar-refractivity contribution >= 4 is 17.4 Å². The van der Waals surface area contributed by atoms with E-state index in [-0.39, 0.29) is 5.25 Å². The lowest BCUT2D eigenvalue weighted by atomic mass is 10.2. The average Bonchev–Trinajstić information content (AvgIpc) is 3.23. The summed E-state index contributed by atoms with van der Waals surface area (Å²) in [5, 5.41) is 13.3. The first kappa shape index (κ1) is 15.8. The summed E-state index contributed by atoms with van der Waals surface area (Å²) >= 11 is 1.51. The van der Waals surface area contributed by atoms with Crippen molar-refractivity contribution in [2.24, 2.45) is 0 Å². The normalized spacial score (nSPS) is 12.6. The lowest BCUT2D eigenvalue weighted by molar-refractivity contribution is 0.380. The van der Waals surface area contributed by atoms with E-state index in [9.17, 15) is 0 Å². The molecule has 3 heterocycles. The molecule has 0 N–H and O–H groups in total. The molecule has 7 nitrogen and oxygen atoms in total. The second-order valence-electron chi connectivity index (χ2n) is 5.70. The standard InChI is InChI=1S/C17H16N6OS/c1-10-9-14-20-21-17(23(14)12(3)18-10)25-11(2)16-19-15(22-24-16)13-7-5-4-6-8-13/h4-9,11H,1-3H3. The Balaban J connectivity index is 1.61. The van der Waals surface area contributed by atoms with Crippen molar-refractivity contribution in [3.63, 3.8) is 0 Å². The second kappa shape index (κ2) is 6.29. The van der Waals surface area contributed by atoms with Gasteiger partial charge >= 0.3 is 0 Å². The Morgan fingerprint density at radius 3 is 2.68 bits per heavy atom. The Kier molecular flexibility index (Phi) is 3.96. The van der Waals surface area contributed by atoms with Crippen LogP contribution in [0.15, 0.2) is 46.1 Å². The largest absolute Gasteiger partial charge is 0.338 e. The number of rotatable bonds is 4. The smallest absolute Gasteiger partial charge is 0.240 e. The maximum Gasteiger partial charge on any atom is 0.240 e. The highest BCUT2D eigenvalue weighted by molar-refractivity contribution is 7.99. The van der Waals surface area contributed by atoms with Gasteiger partial charge in [-0.2, -0.15) is 4.98 Å². The number of hydrogen-bond donors (Lipinski definition) is 0. The third kappa shape index (κ3) is 3.00. The SMILES string of the molecule is Cc1cc2nnc(SC(C)c3nc(-c4ccccc4)no3)n2c(C)n1. The van der Waals surface area contributed by atoms with Gasteiger partial charge in [-0.1, -0.05) is 47.3 Å². The maximum absolute atomic E-state index is 5.44. The lowest BCUT2D eigenvalue weighted by Gasteiger charge is -2.06. The molecule has 126 valence electrons. The monoisotopic (exact) mass is 352 g/mol. The molecule has 4 aromatic rings. The Bertz CT molecular complexity index is 1030. The van der Waals surface area contributed by atoms with Crippen LogP contribution in [-0.2, 0) is 0 Å². The van der Waals surface area contributed by atoms with Crippen molar-refractivity contribution in [2.45, 2.75) is 31.2 Å². The molecule has 3 aromatic heterocycles. The number of thioether (sulfide) groups is 1. The summed E-state index contributed by atoms with van der Waals surface area (Å²) in [5.41, 5.74) is 2.64. The molecule has 0 bridgehead atoms. The van der Waals surface area contributed by atoms with Crippen molar-refractivity contribution < 1.29 is 4.52 Å². The Hall–Kier alpha value is -2.74. The number of nitrogens with zero attached hydrogens (tertiary/aromatic N) is 6. The van der Waals surface area contributed by atoms with Crippen LogP contribution in [0, 0.1) is 13.8 Å². The van der Waals surface area contributed by atoms with E-state index >= 15 is 0 Å². The summed E-state index contributed by atoms with van der Waals surface area (Å²) in [7, 11) is 0. The molecule has 0 aliphatic carbocycles. The molecule has 0 saturated carbocycles.